The lowest BCUT2D eigenvalue weighted by atomic mass is 10.3. The molecule has 1 aromatic rings. The first-order valence-electron chi connectivity index (χ1n) is 4.11. The Labute approximate surface area is 80.4 Å². The van der Waals surface area contributed by atoms with E-state index < -0.39 is 0 Å². The number of hydrazine groups is 1. The van der Waals surface area contributed by atoms with Gasteiger partial charge in [-0.15, -0.1) is 0 Å². The van der Waals surface area contributed by atoms with Crippen LogP contribution in [0.2, 0.25) is 0 Å². The molecule has 5 nitrogen and oxygen atoms in total. The minimum Gasteiger partial charge on any atom is -0.307 e. The van der Waals surface area contributed by atoms with Crippen molar-refractivity contribution < 1.29 is 5.21 Å². The van der Waals surface area contributed by atoms with E-state index in [0.717, 1.165) is 15.6 Å². The summed E-state index contributed by atoms with van der Waals surface area (Å²) in [5, 5.41) is 11.9. The first-order chi connectivity index (χ1) is 6.79. The van der Waals surface area contributed by atoms with Crippen molar-refractivity contribution in [2.75, 3.05) is 0 Å². The smallest absolute Gasteiger partial charge is 0.159 e. The summed E-state index contributed by atoms with van der Waals surface area (Å²) in [7, 11) is 0. The van der Waals surface area contributed by atoms with Gasteiger partial charge in [0, 0.05) is 11.4 Å². The zero-order chi connectivity index (χ0) is 9.97. The van der Waals surface area contributed by atoms with Gasteiger partial charge >= 0.3 is 0 Å². The lowest BCUT2D eigenvalue weighted by Gasteiger charge is -2.04. The number of para-hydroxylation sites is 1. The van der Waals surface area contributed by atoms with Crippen molar-refractivity contribution >= 4 is 6.20 Å². The monoisotopic (exact) mass is 190 g/mol. The number of hydroxylamine groups is 2. The minimum absolute atomic E-state index is 0.397. The van der Waals surface area contributed by atoms with Gasteiger partial charge in [0.2, 0.25) is 0 Å². The number of nitrogens with zero attached hydrogens (tertiary/aromatic N) is 2. The zero-order valence-electron chi connectivity index (χ0n) is 7.38. The molecule has 14 heavy (non-hydrogen) atoms. The summed E-state index contributed by atoms with van der Waals surface area (Å²) >= 11 is 0. The highest BCUT2D eigenvalue weighted by molar-refractivity contribution is 5.25. The van der Waals surface area contributed by atoms with E-state index in [2.05, 4.69) is 10.4 Å². The molecule has 2 rings (SSSR count). The van der Waals surface area contributed by atoms with Crippen LogP contribution in [0, 0.1) is 0 Å². The molecule has 0 unspecified atom stereocenters. The van der Waals surface area contributed by atoms with Gasteiger partial charge in [-0.2, -0.15) is 0 Å². The predicted octanol–water partition coefficient (Wildman–Crippen LogP) is -0.989. The van der Waals surface area contributed by atoms with Gasteiger partial charge in [0.1, 0.15) is 0 Å². The van der Waals surface area contributed by atoms with Crippen LogP contribution < -0.4 is 21.8 Å². The van der Waals surface area contributed by atoms with E-state index in [1.165, 1.54) is 6.20 Å². The van der Waals surface area contributed by atoms with Crippen molar-refractivity contribution in [1.29, 1.82) is 0 Å². The van der Waals surface area contributed by atoms with Crippen molar-refractivity contribution in [1.82, 2.24) is 10.5 Å². The molecule has 4 N–H and O–H groups in total. The molecular formula is C9H10N4O. The number of fused-ring (bicyclic) bond motifs is 1. The number of hydrogen-bond donors (Lipinski definition) is 3. The fourth-order valence-corrected chi connectivity index (χ4v) is 1.23. The van der Waals surface area contributed by atoms with E-state index in [0.29, 0.717) is 5.82 Å². The average Bonchev–Trinajstić information content (AvgIpc) is 2.35. The molecule has 1 aliphatic heterocycles. The second-order valence-corrected chi connectivity index (χ2v) is 2.84. The summed E-state index contributed by atoms with van der Waals surface area (Å²) < 4.78 is 0. The molecule has 5 heteroatoms. The Hall–Kier alpha value is -1.85. The zero-order valence-corrected chi connectivity index (χ0v) is 7.38. The van der Waals surface area contributed by atoms with Gasteiger partial charge < -0.3 is 5.43 Å². The molecule has 0 spiro atoms. The van der Waals surface area contributed by atoms with Gasteiger partial charge in [-0.1, -0.05) is 18.2 Å². The summed E-state index contributed by atoms with van der Waals surface area (Å²) in [6.07, 6.45) is 2.95. The standard InChI is InChI=1S/C9H10N4O/c10-12-9-6-13(14)5-7-3-1-2-4-8(7)11-9/h1-6,12,14H,10H2. The second-order valence-electron chi connectivity index (χ2n) is 2.84. The van der Waals surface area contributed by atoms with Crippen molar-refractivity contribution in [2.24, 2.45) is 10.8 Å². The molecule has 0 aliphatic carbocycles. The molecule has 0 amide bonds. The number of benzene rings is 1. The first-order valence-corrected chi connectivity index (χ1v) is 4.11. The molecule has 0 saturated carbocycles. The van der Waals surface area contributed by atoms with Crippen LogP contribution in [-0.2, 0) is 0 Å². The Morgan fingerprint density at radius 2 is 2.07 bits per heavy atom. The van der Waals surface area contributed by atoms with Gasteiger partial charge in [-0.25, -0.2) is 15.9 Å². The SMILES string of the molecule is NNC1=CN(O)C=c2ccccc2=N1. The van der Waals surface area contributed by atoms with Gasteiger partial charge in [0.25, 0.3) is 0 Å². The highest BCUT2D eigenvalue weighted by Gasteiger charge is 1.99. The summed E-state index contributed by atoms with van der Waals surface area (Å²) in [6.45, 7) is 0. The van der Waals surface area contributed by atoms with Gasteiger partial charge in [-0.05, 0) is 6.07 Å². The van der Waals surface area contributed by atoms with Gasteiger partial charge in [0.15, 0.2) is 5.82 Å². The molecule has 0 bridgehead atoms. The van der Waals surface area contributed by atoms with Crippen molar-refractivity contribution in [3.05, 3.63) is 46.9 Å². The lowest BCUT2D eigenvalue weighted by molar-refractivity contribution is 0.0307. The van der Waals surface area contributed by atoms with Crippen molar-refractivity contribution in [3.63, 3.8) is 0 Å². The summed E-state index contributed by atoms with van der Waals surface area (Å²) in [5.74, 6) is 5.63. The summed E-state index contributed by atoms with van der Waals surface area (Å²) in [4.78, 5) is 4.20. The molecule has 1 aliphatic rings. The highest BCUT2D eigenvalue weighted by Crippen LogP contribution is 1.94. The Morgan fingerprint density at radius 3 is 2.86 bits per heavy atom. The maximum absolute atomic E-state index is 9.38. The molecular weight excluding hydrogens is 180 g/mol. The molecule has 0 saturated heterocycles. The molecule has 1 aromatic carbocycles. The van der Waals surface area contributed by atoms with Crippen LogP contribution in [0.5, 0.6) is 0 Å². The van der Waals surface area contributed by atoms with Crippen LogP contribution in [0.1, 0.15) is 0 Å². The van der Waals surface area contributed by atoms with E-state index in [9.17, 15) is 5.21 Å². The molecule has 0 radical (unpaired) electrons. The Bertz CT molecular complexity index is 480. The number of rotatable bonds is 1. The first kappa shape index (κ1) is 8.74. The third kappa shape index (κ3) is 1.59. The fraction of sp³-hybridized carbons (Fsp3) is 0. The molecule has 0 atom stereocenters. The Balaban J connectivity index is 2.67. The van der Waals surface area contributed by atoms with Crippen molar-refractivity contribution in [2.45, 2.75) is 0 Å². The fourth-order valence-electron chi connectivity index (χ4n) is 1.23. The Morgan fingerprint density at radius 1 is 1.29 bits per heavy atom. The van der Waals surface area contributed by atoms with E-state index in [1.54, 1.807) is 6.20 Å². The number of nitrogens with two attached hydrogens (primary N) is 1. The predicted molar refractivity (Wildman–Crippen MR) is 50.7 cm³/mol. The maximum Gasteiger partial charge on any atom is 0.159 e. The van der Waals surface area contributed by atoms with E-state index in [-0.39, 0.29) is 0 Å². The highest BCUT2D eigenvalue weighted by atomic mass is 16.5. The molecule has 72 valence electrons. The number of hydrogen-bond acceptors (Lipinski definition) is 5. The average molecular weight is 190 g/mol. The van der Waals surface area contributed by atoms with Gasteiger partial charge in [0.05, 0.1) is 11.6 Å². The molecule has 0 fully saturated rings. The molecule has 1 heterocycles. The van der Waals surface area contributed by atoms with E-state index in [4.69, 9.17) is 5.84 Å². The second kappa shape index (κ2) is 3.49. The van der Waals surface area contributed by atoms with Crippen LogP contribution in [0.3, 0.4) is 0 Å². The number of nitrogens with one attached hydrogen (secondary N) is 1. The van der Waals surface area contributed by atoms with Crippen molar-refractivity contribution in [3.8, 4) is 0 Å². The van der Waals surface area contributed by atoms with Crippen LogP contribution >= 0.6 is 0 Å². The van der Waals surface area contributed by atoms with Crippen LogP contribution in [0.4, 0.5) is 0 Å². The minimum atomic E-state index is 0.397. The van der Waals surface area contributed by atoms with Crippen LogP contribution in [0.25, 0.3) is 6.20 Å². The topological polar surface area (TPSA) is 73.9 Å². The third-order valence-corrected chi connectivity index (χ3v) is 1.85. The normalized spacial score (nSPS) is 14.4. The third-order valence-electron chi connectivity index (χ3n) is 1.85. The van der Waals surface area contributed by atoms with E-state index >= 15 is 0 Å². The van der Waals surface area contributed by atoms with E-state index in [1.807, 2.05) is 24.3 Å². The molecule has 0 aromatic heterocycles. The Kier molecular flexibility index (Phi) is 2.18. The largest absolute Gasteiger partial charge is 0.307 e. The van der Waals surface area contributed by atoms with Crippen LogP contribution in [-0.4, -0.2) is 10.3 Å². The maximum atomic E-state index is 9.38. The van der Waals surface area contributed by atoms with Gasteiger partial charge in [-0.3, -0.25) is 5.21 Å². The quantitative estimate of drug-likeness (QED) is 0.393. The summed E-state index contributed by atoms with van der Waals surface area (Å²) in [5.41, 5.74) is 2.39. The summed E-state index contributed by atoms with van der Waals surface area (Å²) in [6, 6.07) is 7.45. The van der Waals surface area contributed by atoms with Crippen LogP contribution in [0.15, 0.2) is 41.3 Å². The lowest BCUT2D eigenvalue weighted by Crippen LogP contribution is -2.27.